The zero-order valence-corrected chi connectivity index (χ0v) is 13.3. The van der Waals surface area contributed by atoms with E-state index in [2.05, 4.69) is 10.5 Å². The number of ketones is 1. The molecule has 0 saturated heterocycles. The van der Waals surface area contributed by atoms with Crippen molar-refractivity contribution in [1.29, 1.82) is 0 Å². The van der Waals surface area contributed by atoms with Crippen molar-refractivity contribution in [3.05, 3.63) is 47.2 Å². The largest absolute Gasteiger partial charge is 0.359 e. The maximum atomic E-state index is 12.0. The molecule has 1 heterocycles. The topological polar surface area (TPSA) is 72.2 Å². The molecule has 0 spiro atoms. The molecule has 0 unspecified atom stereocenters. The van der Waals surface area contributed by atoms with E-state index in [1.807, 2.05) is 20.8 Å². The van der Waals surface area contributed by atoms with E-state index >= 15 is 0 Å². The van der Waals surface area contributed by atoms with Crippen LogP contribution in [0.5, 0.6) is 0 Å². The van der Waals surface area contributed by atoms with Crippen LogP contribution in [0.1, 0.15) is 49.4 Å². The summed E-state index contributed by atoms with van der Waals surface area (Å²) in [4.78, 5) is 23.2. The van der Waals surface area contributed by atoms with Crippen LogP contribution in [0.2, 0.25) is 0 Å². The van der Waals surface area contributed by atoms with Gasteiger partial charge < -0.3 is 9.84 Å². The number of nitrogens with zero attached hydrogens (tertiary/aromatic N) is 1. The predicted molar refractivity (Wildman–Crippen MR) is 84.0 cm³/mol. The summed E-state index contributed by atoms with van der Waals surface area (Å²) in [5.74, 6) is 0.960. The van der Waals surface area contributed by atoms with Gasteiger partial charge in [-0.15, -0.1) is 0 Å². The quantitative estimate of drug-likeness (QED) is 0.879. The maximum Gasteiger partial charge on any atom is 0.230 e. The highest BCUT2D eigenvalue weighted by Crippen LogP contribution is 2.24. The van der Waals surface area contributed by atoms with E-state index in [1.54, 1.807) is 30.3 Å². The molecule has 2 rings (SSSR count). The molecule has 0 fully saturated rings. The third-order valence-corrected chi connectivity index (χ3v) is 3.24. The van der Waals surface area contributed by atoms with E-state index in [4.69, 9.17) is 4.52 Å². The van der Waals surface area contributed by atoms with Crippen LogP contribution in [-0.4, -0.2) is 16.8 Å². The Morgan fingerprint density at radius 3 is 2.32 bits per heavy atom. The lowest BCUT2D eigenvalue weighted by Gasteiger charge is -2.12. The average molecular weight is 300 g/mol. The van der Waals surface area contributed by atoms with Crippen LogP contribution in [0.25, 0.3) is 0 Å². The second-order valence-corrected chi connectivity index (χ2v) is 6.30. The van der Waals surface area contributed by atoms with E-state index < -0.39 is 0 Å². The van der Waals surface area contributed by atoms with Gasteiger partial charge in [-0.05, 0) is 12.5 Å². The van der Waals surface area contributed by atoms with Crippen LogP contribution in [-0.2, 0) is 16.6 Å². The first-order valence-corrected chi connectivity index (χ1v) is 7.12. The average Bonchev–Trinajstić information content (AvgIpc) is 2.87. The molecule has 2 aromatic rings. The third-order valence-electron chi connectivity index (χ3n) is 3.24. The van der Waals surface area contributed by atoms with E-state index in [0.29, 0.717) is 17.1 Å². The molecule has 0 saturated carbocycles. The van der Waals surface area contributed by atoms with Crippen molar-refractivity contribution >= 4 is 17.5 Å². The highest BCUT2D eigenvalue weighted by Gasteiger charge is 2.20. The second-order valence-electron chi connectivity index (χ2n) is 6.30. The van der Waals surface area contributed by atoms with Crippen LogP contribution >= 0.6 is 0 Å². The molecule has 1 N–H and O–H groups in total. The molecule has 0 aliphatic heterocycles. The summed E-state index contributed by atoms with van der Waals surface area (Å²) < 4.78 is 5.22. The van der Waals surface area contributed by atoms with Gasteiger partial charge in [0.1, 0.15) is 5.76 Å². The molecular formula is C17H20N2O3. The fourth-order valence-electron chi connectivity index (χ4n) is 1.92. The first kappa shape index (κ1) is 15.9. The lowest BCUT2D eigenvalue weighted by Crippen LogP contribution is -2.14. The summed E-state index contributed by atoms with van der Waals surface area (Å²) >= 11 is 0. The minimum absolute atomic E-state index is 0.00769. The van der Waals surface area contributed by atoms with Gasteiger partial charge in [0, 0.05) is 17.0 Å². The summed E-state index contributed by atoms with van der Waals surface area (Å²) in [7, 11) is 0. The first-order chi connectivity index (χ1) is 10.3. The van der Waals surface area contributed by atoms with E-state index in [1.165, 1.54) is 6.92 Å². The van der Waals surface area contributed by atoms with Gasteiger partial charge in [0.15, 0.2) is 11.6 Å². The molecule has 0 aliphatic carbocycles. The number of Topliss-reactive ketones (excluding diaryl/α,β-unsaturated/α-hetero) is 1. The molecule has 5 heteroatoms. The van der Waals surface area contributed by atoms with Gasteiger partial charge >= 0.3 is 0 Å². The summed E-state index contributed by atoms with van der Waals surface area (Å²) in [6.45, 7) is 7.54. The number of carbonyl (C=O) groups excluding carboxylic acids is 2. The molecule has 22 heavy (non-hydrogen) atoms. The smallest absolute Gasteiger partial charge is 0.230 e. The number of anilines is 1. The molecular weight excluding hydrogens is 280 g/mol. The number of amides is 1. The third kappa shape index (κ3) is 4.04. The summed E-state index contributed by atoms with van der Waals surface area (Å²) in [5, 5.41) is 6.56. The Morgan fingerprint density at radius 2 is 1.82 bits per heavy atom. The predicted octanol–water partition coefficient (Wildman–Crippen LogP) is 3.36. The lowest BCUT2D eigenvalue weighted by atomic mass is 9.93. The molecule has 0 radical (unpaired) electrons. The number of hydrogen-bond acceptors (Lipinski definition) is 4. The van der Waals surface area contributed by atoms with E-state index in [0.717, 1.165) is 5.56 Å². The van der Waals surface area contributed by atoms with Gasteiger partial charge in [-0.3, -0.25) is 9.59 Å². The molecule has 0 atom stereocenters. The zero-order valence-electron chi connectivity index (χ0n) is 13.3. The Hall–Kier alpha value is -2.43. The van der Waals surface area contributed by atoms with Crippen LogP contribution < -0.4 is 5.32 Å². The van der Waals surface area contributed by atoms with Gasteiger partial charge in [-0.1, -0.05) is 50.2 Å². The van der Waals surface area contributed by atoms with Crippen molar-refractivity contribution < 1.29 is 14.1 Å². The van der Waals surface area contributed by atoms with Gasteiger partial charge in [0.25, 0.3) is 0 Å². The van der Waals surface area contributed by atoms with Gasteiger partial charge in [-0.25, -0.2) is 0 Å². The summed E-state index contributed by atoms with van der Waals surface area (Å²) in [5.41, 5.74) is 1.32. The summed E-state index contributed by atoms with van der Waals surface area (Å²) in [6.07, 6.45) is 0.218. The van der Waals surface area contributed by atoms with Crippen molar-refractivity contribution in [1.82, 2.24) is 5.16 Å². The number of hydrogen-bond donors (Lipinski definition) is 1. The van der Waals surface area contributed by atoms with E-state index in [9.17, 15) is 9.59 Å². The monoisotopic (exact) mass is 300 g/mol. The first-order valence-electron chi connectivity index (χ1n) is 7.12. The summed E-state index contributed by atoms with van der Waals surface area (Å²) in [6, 6.07) is 8.73. The Bertz CT molecular complexity index is 679. The van der Waals surface area contributed by atoms with Crippen molar-refractivity contribution in [2.45, 2.75) is 39.5 Å². The molecule has 0 bridgehead atoms. The molecule has 5 nitrogen and oxygen atoms in total. The molecule has 1 aromatic carbocycles. The Labute approximate surface area is 129 Å². The Morgan fingerprint density at radius 1 is 1.18 bits per heavy atom. The van der Waals surface area contributed by atoms with Crippen molar-refractivity contribution in [3.63, 3.8) is 0 Å². The maximum absolute atomic E-state index is 12.0. The SMILES string of the molecule is CC(=O)c1ccc(CC(=O)Nc2cc(C(C)(C)C)on2)cc1. The van der Waals surface area contributed by atoms with Crippen molar-refractivity contribution in [2.75, 3.05) is 5.32 Å². The number of carbonyl (C=O) groups is 2. The fourth-order valence-corrected chi connectivity index (χ4v) is 1.92. The standard InChI is InChI=1S/C17H20N2O3/c1-11(20)13-7-5-12(6-8-13)9-16(21)18-15-10-14(22-19-15)17(2,3)4/h5-8,10H,9H2,1-4H3,(H,18,19,21). The number of nitrogens with one attached hydrogen (secondary N) is 1. The van der Waals surface area contributed by atoms with Crippen LogP contribution in [0.4, 0.5) is 5.82 Å². The van der Waals surface area contributed by atoms with Crippen molar-refractivity contribution in [2.24, 2.45) is 0 Å². The molecule has 116 valence electrons. The molecule has 0 aliphatic rings. The molecule has 1 aromatic heterocycles. The normalized spacial score (nSPS) is 11.3. The van der Waals surface area contributed by atoms with Crippen LogP contribution in [0.3, 0.4) is 0 Å². The number of benzene rings is 1. The highest BCUT2D eigenvalue weighted by molar-refractivity contribution is 5.94. The Kier molecular flexibility index (Phi) is 4.45. The van der Waals surface area contributed by atoms with Gasteiger partial charge in [0.05, 0.1) is 6.42 Å². The fraction of sp³-hybridized carbons (Fsp3) is 0.353. The number of aromatic nitrogens is 1. The number of rotatable bonds is 4. The van der Waals surface area contributed by atoms with Gasteiger partial charge in [0.2, 0.25) is 5.91 Å². The van der Waals surface area contributed by atoms with Crippen molar-refractivity contribution in [3.8, 4) is 0 Å². The highest BCUT2D eigenvalue weighted by atomic mass is 16.5. The minimum Gasteiger partial charge on any atom is -0.359 e. The van der Waals surface area contributed by atoms with Crippen LogP contribution in [0.15, 0.2) is 34.9 Å². The second kappa shape index (κ2) is 6.13. The van der Waals surface area contributed by atoms with Crippen LogP contribution in [0, 0.1) is 0 Å². The Balaban J connectivity index is 1.98. The van der Waals surface area contributed by atoms with Gasteiger partial charge in [-0.2, -0.15) is 0 Å². The lowest BCUT2D eigenvalue weighted by molar-refractivity contribution is -0.115. The zero-order chi connectivity index (χ0) is 16.3. The minimum atomic E-state index is -0.177. The van der Waals surface area contributed by atoms with E-state index in [-0.39, 0.29) is 23.5 Å². The molecule has 1 amide bonds.